The second-order valence-corrected chi connectivity index (χ2v) is 5.00. The fourth-order valence-electron chi connectivity index (χ4n) is 2.16. The summed E-state index contributed by atoms with van der Waals surface area (Å²) in [5.41, 5.74) is 1.26. The van der Waals surface area contributed by atoms with Crippen molar-refractivity contribution in [3.63, 3.8) is 0 Å². The molecular weight excluding hydrogens is 214 g/mol. The highest BCUT2D eigenvalue weighted by Gasteiger charge is 2.15. The van der Waals surface area contributed by atoms with Crippen molar-refractivity contribution in [3.05, 3.63) is 18.0 Å². The number of aryl methyl sites for hydroxylation is 1. The van der Waals surface area contributed by atoms with Gasteiger partial charge >= 0.3 is 0 Å². The van der Waals surface area contributed by atoms with Gasteiger partial charge in [-0.3, -0.25) is 4.68 Å². The Hall–Kier alpha value is -0.870. The first-order valence-corrected chi connectivity index (χ1v) is 6.61. The Balaban J connectivity index is 1.80. The molecule has 4 heteroatoms. The van der Waals surface area contributed by atoms with Gasteiger partial charge in [-0.15, -0.1) is 0 Å². The van der Waals surface area contributed by atoms with Crippen LogP contribution in [-0.2, 0) is 17.8 Å². The Morgan fingerprint density at radius 1 is 1.59 bits per heavy atom. The minimum Gasteiger partial charge on any atom is -0.378 e. The zero-order valence-electron chi connectivity index (χ0n) is 10.9. The van der Waals surface area contributed by atoms with Crippen LogP contribution in [0.2, 0.25) is 0 Å². The summed E-state index contributed by atoms with van der Waals surface area (Å²) >= 11 is 0. The maximum absolute atomic E-state index is 5.63. The predicted octanol–water partition coefficient (Wildman–Crippen LogP) is 1.95. The minimum absolute atomic E-state index is 0.449. The lowest BCUT2D eigenvalue weighted by Gasteiger charge is -2.13. The topological polar surface area (TPSA) is 39.1 Å². The smallest absolute Gasteiger partial charge is 0.0593 e. The van der Waals surface area contributed by atoms with Crippen molar-refractivity contribution in [1.29, 1.82) is 0 Å². The van der Waals surface area contributed by atoms with Crippen molar-refractivity contribution in [3.8, 4) is 0 Å². The summed E-state index contributed by atoms with van der Waals surface area (Å²) in [6.45, 7) is 7.11. The van der Waals surface area contributed by atoms with Gasteiger partial charge in [0.25, 0.3) is 0 Å². The number of nitrogens with one attached hydrogen (secondary N) is 1. The maximum atomic E-state index is 5.63. The summed E-state index contributed by atoms with van der Waals surface area (Å²) < 4.78 is 7.73. The van der Waals surface area contributed by atoms with Gasteiger partial charge in [0.15, 0.2) is 0 Å². The highest BCUT2D eigenvalue weighted by atomic mass is 16.5. The Kier molecular flexibility index (Phi) is 4.57. The van der Waals surface area contributed by atoms with Gasteiger partial charge < -0.3 is 10.1 Å². The lowest BCUT2D eigenvalue weighted by Crippen LogP contribution is -2.24. The molecule has 0 spiro atoms. The first kappa shape index (κ1) is 12.6. The van der Waals surface area contributed by atoms with E-state index in [0.29, 0.717) is 12.1 Å². The summed E-state index contributed by atoms with van der Waals surface area (Å²) in [5, 5.41) is 7.80. The van der Waals surface area contributed by atoms with Crippen LogP contribution < -0.4 is 5.32 Å². The summed E-state index contributed by atoms with van der Waals surface area (Å²) in [5.74, 6) is 0. The number of hydrogen-bond donors (Lipinski definition) is 1. The first-order chi connectivity index (χ1) is 8.25. The number of nitrogens with zero attached hydrogens (tertiary/aromatic N) is 2. The molecule has 1 N–H and O–H groups in total. The van der Waals surface area contributed by atoms with Gasteiger partial charge in [-0.1, -0.05) is 13.8 Å². The lowest BCUT2D eigenvalue weighted by atomic mass is 10.2. The molecule has 1 aromatic heterocycles. The average molecular weight is 237 g/mol. The summed E-state index contributed by atoms with van der Waals surface area (Å²) in [4.78, 5) is 0. The van der Waals surface area contributed by atoms with Gasteiger partial charge in [-0.25, -0.2) is 0 Å². The molecule has 0 aliphatic carbocycles. The van der Waals surface area contributed by atoms with Crippen LogP contribution in [0.15, 0.2) is 12.3 Å². The van der Waals surface area contributed by atoms with Gasteiger partial charge in [-0.05, 0) is 25.3 Å². The molecule has 2 rings (SSSR count). The van der Waals surface area contributed by atoms with Gasteiger partial charge in [-0.2, -0.15) is 5.10 Å². The van der Waals surface area contributed by atoms with Gasteiger partial charge in [0.05, 0.1) is 11.8 Å². The predicted molar refractivity (Wildman–Crippen MR) is 67.8 cm³/mol. The minimum atomic E-state index is 0.449. The largest absolute Gasteiger partial charge is 0.378 e. The molecule has 0 saturated carbocycles. The SMILES string of the molecule is CC(C)NCc1ccnn1CCC1CCCO1. The van der Waals surface area contributed by atoms with Crippen LogP contribution in [0.4, 0.5) is 0 Å². The molecule has 1 atom stereocenters. The molecular formula is C13H23N3O. The zero-order valence-corrected chi connectivity index (χ0v) is 10.9. The Labute approximate surface area is 103 Å². The van der Waals surface area contributed by atoms with Crippen LogP contribution in [0.25, 0.3) is 0 Å². The number of aromatic nitrogens is 2. The van der Waals surface area contributed by atoms with Crippen LogP contribution in [0.5, 0.6) is 0 Å². The highest BCUT2D eigenvalue weighted by molar-refractivity contribution is 5.00. The van der Waals surface area contributed by atoms with Crippen molar-refractivity contribution < 1.29 is 4.74 Å². The van der Waals surface area contributed by atoms with Crippen LogP contribution in [0, 0.1) is 0 Å². The quantitative estimate of drug-likeness (QED) is 0.822. The van der Waals surface area contributed by atoms with Crippen LogP contribution in [-0.4, -0.2) is 28.5 Å². The van der Waals surface area contributed by atoms with Crippen molar-refractivity contribution in [2.45, 2.75) is 58.3 Å². The molecule has 0 radical (unpaired) electrons. The molecule has 17 heavy (non-hydrogen) atoms. The normalized spacial score (nSPS) is 20.3. The van der Waals surface area contributed by atoms with Crippen molar-refractivity contribution in [2.75, 3.05) is 6.61 Å². The monoisotopic (exact) mass is 237 g/mol. The molecule has 0 bridgehead atoms. The zero-order chi connectivity index (χ0) is 12.1. The summed E-state index contributed by atoms with van der Waals surface area (Å²) in [6, 6.07) is 2.60. The molecule has 4 nitrogen and oxygen atoms in total. The molecule has 1 unspecified atom stereocenters. The van der Waals surface area contributed by atoms with E-state index in [1.54, 1.807) is 0 Å². The van der Waals surface area contributed by atoms with Crippen molar-refractivity contribution in [1.82, 2.24) is 15.1 Å². The number of ether oxygens (including phenoxy) is 1. The number of rotatable bonds is 6. The van der Waals surface area contributed by atoms with Gasteiger partial charge in [0.2, 0.25) is 0 Å². The van der Waals surface area contributed by atoms with Crippen LogP contribution >= 0.6 is 0 Å². The fraction of sp³-hybridized carbons (Fsp3) is 0.769. The third-order valence-corrected chi connectivity index (χ3v) is 3.18. The second-order valence-electron chi connectivity index (χ2n) is 5.00. The van der Waals surface area contributed by atoms with E-state index < -0.39 is 0 Å². The summed E-state index contributed by atoms with van der Waals surface area (Å²) in [7, 11) is 0. The molecule has 0 aromatic carbocycles. The van der Waals surface area contributed by atoms with Crippen molar-refractivity contribution >= 4 is 0 Å². The van der Waals surface area contributed by atoms with Gasteiger partial charge in [0, 0.05) is 31.9 Å². The van der Waals surface area contributed by atoms with E-state index >= 15 is 0 Å². The van der Waals surface area contributed by atoms with E-state index in [0.717, 1.165) is 26.1 Å². The van der Waals surface area contributed by atoms with E-state index in [2.05, 4.69) is 35.0 Å². The van der Waals surface area contributed by atoms with Crippen molar-refractivity contribution in [2.24, 2.45) is 0 Å². The van der Waals surface area contributed by atoms with E-state index in [1.165, 1.54) is 18.5 Å². The molecule has 1 saturated heterocycles. The van der Waals surface area contributed by atoms with Gasteiger partial charge in [0.1, 0.15) is 0 Å². The van der Waals surface area contributed by atoms with E-state index in [4.69, 9.17) is 4.74 Å². The second kappa shape index (κ2) is 6.17. The first-order valence-electron chi connectivity index (χ1n) is 6.61. The molecule has 0 amide bonds. The maximum Gasteiger partial charge on any atom is 0.0593 e. The third-order valence-electron chi connectivity index (χ3n) is 3.18. The molecule has 1 aromatic rings. The fourth-order valence-corrected chi connectivity index (χ4v) is 2.16. The Morgan fingerprint density at radius 2 is 2.47 bits per heavy atom. The standard InChI is InChI=1S/C13H23N3O/c1-11(2)14-10-12-5-7-15-16(12)8-6-13-4-3-9-17-13/h5,7,11,13-14H,3-4,6,8-10H2,1-2H3. The Bertz CT molecular complexity index is 329. The van der Waals surface area contributed by atoms with E-state index in [-0.39, 0.29) is 0 Å². The highest BCUT2D eigenvalue weighted by Crippen LogP contribution is 2.16. The van der Waals surface area contributed by atoms with E-state index in [1.807, 2.05) is 6.20 Å². The molecule has 1 fully saturated rings. The Morgan fingerprint density at radius 3 is 3.18 bits per heavy atom. The lowest BCUT2D eigenvalue weighted by molar-refractivity contribution is 0.0991. The molecule has 2 heterocycles. The van der Waals surface area contributed by atoms with E-state index in [9.17, 15) is 0 Å². The number of hydrogen-bond acceptors (Lipinski definition) is 3. The third kappa shape index (κ3) is 3.82. The van der Waals surface area contributed by atoms with Crippen LogP contribution in [0.3, 0.4) is 0 Å². The molecule has 1 aliphatic heterocycles. The summed E-state index contributed by atoms with van der Waals surface area (Å²) in [6.07, 6.45) is 5.83. The van der Waals surface area contributed by atoms with Crippen LogP contribution in [0.1, 0.15) is 38.8 Å². The molecule has 1 aliphatic rings. The average Bonchev–Trinajstić information content (AvgIpc) is 2.95. The molecule has 96 valence electrons.